The highest BCUT2D eigenvalue weighted by Crippen LogP contribution is 2.21. The quantitative estimate of drug-likeness (QED) is 0.860. The van der Waals surface area contributed by atoms with Crippen LogP contribution in [0.5, 0.6) is 0 Å². The van der Waals surface area contributed by atoms with Crippen LogP contribution in [0, 0.1) is 5.82 Å². The minimum atomic E-state index is -0.224. The fraction of sp³-hybridized carbons (Fsp3) is 0.143. The van der Waals surface area contributed by atoms with Crippen LogP contribution in [-0.2, 0) is 0 Å². The molecule has 3 heteroatoms. The molecule has 0 heterocycles. The summed E-state index contributed by atoms with van der Waals surface area (Å²) in [5.74, 6) is -0.224. The predicted molar refractivity (Wildman–Crippen MR) is 72.6 cm³/mol. The first-order chi connectivity index (χ1) is 8.15. The third-order valence-electron chi connectivity index (χ3n) is 2.58. The molecular weight excluding hydrogens is 281 g/mol. The highest BCUT2D eigenvalue weighted by Gasteiger charge is 2.05. The topological polar surface area (TPSA) is 12.0 Å². The van der Waals surface area contributed by atoms with Crippen molar-refractivity contribution < 1.29 is 4.39 Å². The number of hydrogen-bond acceptors (Lipinski definition) is 1. The second kappa shape index (κ2) is 5.32. The second-order valence-electron chi connectivity index (χ2n) is 3.93. The standard InChI is InChI=1S/C14H13BrFN/c1-10(11-5-7-12(15)8-6-11)17-14-4-2-3-13(16)9-14/h2-10,17H,1H3. The van der Waals surface area contributed by atoms with Crippen molar-refractivity contribution in [2.75, 3.05) is 5.32 Å². The van der Waals surface area contributed by atoms with Gasteiger partial charge in [-0.15, -0.1) is 0 Å². The number of nitrogens with one attached hydrogen (secondary N) is 1. The lowest BCUT2D eigenvalue weighted by molar-refractivity contribution is 0.628. The van der Waals surface area contributed by atoms with Crippen LogP contribution < -0.4 is 5.32 Å². The number of rotatable bonds is 3. The molecule has 17 heavy (non-hydrogen) atoms. The van der Waals surface area contributed by atoms with Crippen LogP contribution in [0.25, 0.3) is 0 Å². The van der Waals surface area contributed by atoms with Gasteiger partial charge in [-0.1, -0.05) is 34.1 Å². The van der Waals surface area contributed by atoms with Crippen molar-refractivity contribution in [1.82, 2.24) is 0 Å². The Morgan fingerprint density at radius 3 is 2.47 bits per heavy atom. The van der Waals surface area contributed by atoms with E-state index in [-0.39, 0.29) is 11.9 Å². The molecule has 0 spiro atoms. The van der Waals surface area contributed by atoms with Gasteiger partial charge in [0, 0.05) is 16.2 Å². The molecule has 0 saturated carbocycles. The third-order valence-corrected chi connectivity index (χ3v) is 3.11. The zero-order valence-corrected chi connectivity index (χ0v) is 11.0. The summed E-state index contributed by atoms with van der Waals surface area (Å²) in [6.45, 7) is 2.05. The van der Waals surface area contributed by atoms with Crippen LogP contribution in [0.3, 0.4) is 0 Å². The lowest BCUT2D eigenvalue weighted by atomic mass is 10.1. The van der Waals surface area contributed by atoms with Gasteiger partial charge in [-0.3, -0.25) is 0 Å². The summed E-state index contributed by atoms with van der Waals surface area (Å²) in [6.07, 6.45) is 0. The number of benzene rings is 2. The van der Waals surface area contributed by atoms with Crippen LogP contribution in [0.15, 0.2) is 53.0 Å². The lowest BCUT2D eigenvalue weighted by Crippen LogP contribution is -2.06. The second-order valence-corrected chi connectivity index (χ2v) is 4.84. The van der Waals surface area contributed by atoms with Crippen molar-refractivity contribution >= 4 is 21.6 Å². The largest absolute Gasteiger partial charge is 0.378 e. The van der Waals surface area contributed by atoms with Gasteiger partial charge in [-0.05, 0) is 42.8 Å². The average Bonchev–Trinajstić information content (AvgIpc) is 2.29. The van der Waals surface area contributed by atoms with Crippen LogP contribution >= 0.6 is 15.9 Å². The van der Waals surface area contributed by atoms with Crippen molar-refractivity contribution in [3.8, 4) is 0 Å². The molecule has 2 aromatic rings. The molecule has 0 radical (unpaired) electrons. The fourth-order valence-corrected chi connectivity index (χ4v) is 1.93. The van der Waals surface area contributed by atoms with Crippen LogP contribution in [0.4, 0.5) is 10.1 Å². The molecule has 1 N–H and O–H groups in total. The van der Waals surface area contributed by atoms with Gasteiger partial charge in [0.25, 0.3) is 0 Å². The van der Waals surface area contributed by atoms with Crippen LogP contribution in [0.1, 0.15) is 18.5 Å². The predicted octanol–water partition coefficient (Wildman–Crippen LogP) is 4.76. The van der Waals surface area contributed by atoms with Crippen molar-refractivity contribution in [3.05, 3.63) is 64.4 Å². The number of halogens is 2. The molecule has 2 aromatic carbocycles. The Labute approximate surface area is 109 Å². The smallest absolute Gasteiger partial charge is 0.125 e. The molecule has 1 nitrogen and oxygen atoms in total. The normalized spacial score (nSPS) is 12.2. The Balaban J connectivity index is 2.11. The highest BCUT2D eigenvalue weighted by atomic mass is 79.9. The molecule has 0 saturated heterocycles. The van der Waals surface area contributed by atoms with Gasteiger partial charge in [0.05, 0.1) is 0 Å². The van der Waals surface area contributed by atoms with E-state index in [0.717, 1.165) is 15.7 Å². The summed E-state index contributed by atoms with van der Waals surface area (Å²) < 4.78 is 14.1. The Hall–Kier alpha value is -1.35. The average molecular weight is 294 g/mol. The van der Waals surface area contributed by atoms with Crippen molar-refractivity contribution in [2.45, 2.75) is 13.0 Å². The zero-order valence-electron chi connectivity index (χ0n) is 9.45. The van der Waals surface area contributed by atoms with Gasteiger partial charge >= 0.3 is 0 Å². The van der Waals surface area contributed by atoms with Crippen molar-refractivity contribution in [1.29, 1.82) is 0 Å². The van der Waals surface area contributed by atoms with E-state index >= 15 is 0 Å². The lowest BCUT2D eigenvalue weighted by Gasteiger charge is -2.15. The first-order valence-electron chi connectivity index (χ1n) is 5.43. The molecule has 0 amide bonds. The Bertz CT molecular complexity index is 496. The first kappa shape index (κ1) is 12.1. The maximum atomic E-state index is 13.0. The Morgan fingerprint density at radius 2 is 1.82 bits per heavy atom. The van der Waals surface area contributed by atoms with E-state index in [1.54, 1.807) is 6.07 Å². The van der Waals surface area contributed by atoms with E-state index in [1.807, 2.05) is 37.3 Å². The van der Waals surface area contributed by atoms with E-state index in [1.165, 1.54) is 12.1 Å². The van der Waals surface area contributed by atoms with E-state index in [4.69, 9.17) is 0 Å². The summed E-state index contributed by atoms with van der Waals surface area (Å²) in [5, 5.41) is 3.26. The monoisotopic (exact) mass is 293 g/mol. The first-order valence-corrected chi connectivity index (χ1v) is 6.22. The van der Waals surface area contributed by atoms with Crippen molar-refractivity contribution in [3.63, 3.8) is 0 Å². The van der Waals surface area contributed by atoms with Gasteiger partial charge in [-0.2, -0.15) is 0 Å². The summed E-state index contributed by atoms with van der Waals surface area (Å²) in [6, 6.07) is 14.7. The Kier molecular flexibility index (Phi) is 3.79. The number of hydrogen-bond donors (Lipinski definition) is 1. The molecule has 2 rings (SSSR count). The highest BCUT2D eigenvalue weighted by molar-refractivity contribution is 9.10. The SMILES string of the molecule is CC(Nc1cccc(F)c1)c1ccc(Br)cc1. The van der Waals surface area contributed by atoms with Crippen LogP contribution in [0.2, 0.25) is 0 Å². The minimum Gasteiger partial charge on any atom is -0.378 e. The van der Waals surface area contributed by atoms with Crippen LogP contribution in [-0.4, -0.2) is 0 Å². The molecule has 1 atom stereocenters. The summed E-state index contributed by atoms with van der Waals surface area (Å²) in [5.41, 5.74) is 1.96. The zero-order chi connectivity index (χ0) is 12.3. The van der Waals surface area contributed by atoms with E-state index in [9.17, 15) is 4.39 Å². The summed E-state index contributed by atoms with van der Waals surface area (Å²) in [7, 11) is 0. The molecule has 88 valence electrons. The molecule has 0 aliphatic carbocycles. The summed E-state index contributed by atoms with van der Waals surface area (Å²) in [4.78, 5) is 0. The van der Waals surface area contributed by atoms with E-state index in [2.05, 4.69) is 21.2 Å². The summed E-state index contributed by atoms with van der Waals surface area (Å²) >= 11 is 3.40. The molecule has 0 aliphatic heterocycles. The maximum absolute atomic E-state index is 13.0. The van der Waals surface area contributed by atoms with Gasteiger partial charge < -0.3 is 5.32 Å². The molecular formula is C14H13BrFN. The van der Waals surface area contributed by atoms with Gasteiger partial charge in [-0.25, -0.2) is 4.39 Å². The molecule has 0 fully saturated rings. The van der Waals surface area contributed by atoms with E-state index in [0.29, 0.717) is 0 Å². The van der Waals surface area contributed by atoms with Gasteiger partial charge in [0.15, 0.2) is 0 Å². The van der Waals surface area contributed by atoms with Gasteiger partial charge in [0.2, 0.25) is 0 Å². The minimum absolute atomic E-state index is 0.143. The fourth-order valence-electron chi connectivity index (χ4n) is 1.66. The number of anilines is 1. The molecule has 0 aliphatic rings. The van der Waals surface area contributed by atoms with Crippen molar-refractivity contribution in [2.24, 2.45) is 0 Å². The molecule has 0 bridgehead atoms. The third kappa shape index (κ3) is 3.30. The molecule has 1 unspecified atom stereocenters. The molecule has 0 aromatic heterocycles. The Morgan fingerprint density at radius 1 is 1.12 bits per heavy atom. The van der Waals surface area contributed by atoms with E-state index < -0.39 is 0 Å². The van der Waals surface area contributed by atoms with Gasteiger partial charge in [0.1, 0.15) is 5.82 Å². The maximum Gasteiger partial charge on any atom is 0.125 e.